The minimum absolute atomic E-state index is 0.204. The van der Waals surface area contributed by atoms with E-state index in [0.717, 1.165) is 19.3 Å². The zero-order valence-corrected chi connectivity index (χ0v) is 11.9. The summed E-state index contributed by atoms with van der Waals surface area (Å²) in [5.41, 5.74) is 4.27. The van der Waals surface area contributed by atoms with Crippen LogP contribution in [0.25, 0.3) is 0 Å². The maximum atomic E-state index is 10.1. The van der Waals surface area contributed by atoms with Crippen molar-refractivity contribution >= 4 is 0 Å². The van der Waals surface area contributed by atoms with Crippen molar-refractivity contribution in [2.24, 2.45) is 5.41 Å². The van der Waals surface area contributed by atoms with Crippen molar-refractivity contribution in [3.05, 3.63) is 41.2 Å². The van der Waals surface area contributed by atoms with Crippen molar-refractivity contribution in [1.29, 1.82) is 0 Å². The van der Waals surface area contributed by atoms with Crippen molar-refractivity contribution in [2.45, 2.75) is 58.0 Å². The molecule has 0 saturated heterocycles. The Morgan fingerprint density at radius 2 is 2.21 bits per heavy atom. The number of rotatable bonds is 1. The molecule has 0 spiro atoms. The Morgan fingerprint density at radius 1 is 1.37 bits per heavy atom. The highest BCUT2D eigenvalue weighted by atomic mass is 16.3. The first-order chi connectivity index (χ1) is 9.05. The van der Waals surface area contributed by atoms with E-state index in [1.807, 2.05) is 12.3 Å². The van der Waals surface area contributed by atoms with E-state index >= 15 is 0 Å². The lowest BCUT2D eigenvalue weighted by atomic mass is 9.70. The standard InChI is InChI=1S/C17H23NO/c1-17(2)10-13(9-14(19)11-17)15-7-3-5-12-6-4-8-18-16(12)15/h4,6,8-9,14-15,19H,3,5,7,10-11H2,1-2H3. The largest absolute Gasteiger partial charge is 0.389 e. The lowest BCUT2D eigenvalue weighted by molar-refractivity contribution is 0.136. The summed E-state index contributed by atoms with van der Waals surface area (Å²) in [7, 11) is 0. The average Bonchev–Trinajstić information content (AvgIpc) is 2.35. The molecule has 2 aliphatic carbocycles. The summed E-state index contributed by atoms with van der Waals surface area (Å²) >= 11 is 0. The Balaban J connectivity index is 1.95. The number of allylic oxidation sites excluding steroid dienone is 1. The molecule has 1 aromatic rings. The maximum absolute atomic E-state index is 10.1. The Morgan fingerprint density at radius 3 is 3.00 bits per heavy atom. The molecule has 0 amide bonds. The summed E-state index contributed by atoms with van der Waals surface area (Å²) in [6.45, 7) is 4.51. The highest BCUT2D eigenvalue weighted by molar-refractivity contribution is 5.34. The van der Waals surface area contributed by atoms with E-state index in [2.05, 4.69) is 31.0 Å². The Bertz CT molecular complexity index is 504. The number of fused-ring (bicyclic) bond motifs is 1. The first-order valence-electron chi connectivity index (χ1n) is 7.38. The van der Waals surface area contributed by atoms with Gasteiger partial charge in [-0.25, -0.2) is 0 Å². The van der Waals surface area contributed by atoms with Crippen LogP contribution in [0.1, 0.15) is 56.7 Å². The van der Waals surface area contributed by atoms with Crippen LogP contribution in [-0.2, 0) is 6.42 Å². The molecule has 1 N–H and O–H groups in total. The third-order valence-electron chi connectivity index (χ3n) is 4.49. The second-order valence-corrected chi connectivity index (χ2v) is 6.85. The molecule has 19 heavy (non-hydrogen) atoms. The second kappa shape index (κ2) is 4.75. The highest BCUT2D eigenvalue weighted by Gasteiger charge is 2.33. The number of nitrogens with zero attached hydrogens (tertiary/aromatic N) is 1. The van der Waals surface area contributed by atoms with E-state index in [4.69, 9.17) is 0 Å². The molecule has 0 fully saturated rings. The normalized spacial score (nSPS) is 29.5. The van der Waals surface area contributed by atoms with Gasteiger partial charge in [-0.15, -0.1) is 0 Å². The number of hydrogen-bond donors (Lipinski definition) is 1. The predicted molar refractivity (Wildman–Crippen MR) is 77.0 cm³/mol. The average molecular weight is 257 g/mol. The molecular weight excluding hydrogens is 234 g/mol. The molecule has 0 bridgehead atoms. The molecule has 0 saturated carbocycles. The van der Waals surface area contributed by atoms with Gasteiger partial charge in [0.2, 0.25) is 0 Å². The molecular formula is C17H23NO. The van der Waals surface area contributed by atoms with Gasteiger partial charge in [0, 0.05) is 12.1 Å². The van der Waals surface area contributed by atoms with E-state index in [9.17, 15) is 5.11 Å². The number of aromatic nitrogens is 1. The molecule has 2 heteroatoms. The van der Waals surface area contributed by atoms with E-state index in [0.29, 0.717) is 5.92 Å². The van der Waals surface area contributed by atoms with Crippen molar-refractivity contribution in [2.75, 3.05) is 0 Å². The smallest absolute Gasteiger partial charge is 0.0728 e. The van der Waals surface area contributed by atoms with Crippen molar-refractivity contribution in [3.8, 4) is 0 Å². The summed E-state index contributed by atoms with van der Waals surface area (Å²) in [5, 5.41) is 10.1. The van der Waals surface area contributed by atoms with Crippen LogP contribution in [0.3, 0.4) is 0 Å². The van der Waals surface area contributed by atoms with Crippen molar-refractivity contribution in [3.63, 3.8) is 0 Å². The lowest BCUT2D eigenvalue weighted by Crippen LogP contribution is -2.28. The Labute approximate surface area is 115 Å². The van der Waals surface area contributed by atoms with Crippen LogP contribution in [-0.4, -0.2) is 16.2 Å². The second-order valence-electron chi connectivity index (χ2n) is 6.85. The van der Waals surface area contributed by atoms with Crippen LogP contribution in [0.2, 0.25) is 0 Å². The minimum atomic E-state index is -0.284. The Kier molecular flexibility index (Phi) is 3.22. The van der Waals surface area contributed by atoms with Gasteiger partial charge in [-0.2, -0.15) is 0 Å². The van der Waals surface area contributed by atoms with Crippen LogP contribution < -0.4 is 0 Å². The fraction of sp³-hybridized carbons (Fsp3) is 0.588. The molecule has 102 valence electrons. The third-order valence-corrected chi connectivity index (χ3v) is 4.49. The summed E-state index contributed by atoms with van der Waals surface area (Å²) in [4.78, 5) is 4.63. The lowest BCUT2D eigenvalue weighted by Gasteiger charge is -2.37. The van der Waals surface area contributed by atoms with Gasteiger partial charge in [0.1, 0.15) is 0 Å². The minimum Gasteiger partial charge on any atom is -0.389 e. The van der Waals surface area contributed by atoms with Gasteiger partial charge in [-0.3, -0.25) is 4.98 Å². The van der Waals surface area contributed by atoms with Crippen LogP contribution in [0.4, 0.5) is 0 Å². The molecule has 3 rings (SSSR count). The third kappa shape index (κ3) is 2.59. The summed E-state index contributed by atoms with van der Waals surface area (Å²) in [6, 6.07) is 4.24. The van der Waals surface area contributed by atoms with E-state index in [-0.39, 0.29) is 11.5 Å². The molecule has 0 aliphatic heterocycles. The van der Waals surface area contributed by atoms with Gasteiger partial charge >= 0.3 is 0 Å². The Hall–Kier alpha value is -1.15. The van der Waals surface area contributed by atoms with E-state index in [1.54, 1.807) is 0 Å². The monoisotopic (exact) mass is 257 g/mol. The predicted octanol–water partition coefficient (Wildman–Crippen LogP) is 3.61. The molecule has 2 unspecified atom stereocenters. The fourth-order valence-corrected chi connectivity index (χ4v) is 3.77. The first kappa shape index (κ1) is 12.9. The van der Waals surface area contributed by atoms with Gasteiger partial charge in [0.15, 0.2) is 0 Å². The number of aryl methyl sites for hydroxylation is 1. The van der Waals surface area contributed by atoms with Gasteiger partial charge in [0.25, 0.3) is 0 Å². The molecule has 2 aliphatic rings. The molecule has 1 heterocycles. The van der Waals surface area contributed by atoms with Crippen LogP contribution in [0, 0.1) is 5.41 Å². The molecule has 0 aromatic carbocycles. The molecule has 0 radical (unpaired) electrons. The van der Waals surface area contributed by atoms with Gasteiger partial charge in [-0.1, -0.05) is 31.6 Å². The topological polar surface area (TPSA) is 33.1 Å². The molecule has 1 aromatic heterocycles. The summed E-state index contributed by atoms with van der Waals surface area (Å²) < 4.78 is 0. The van der Waals surface area contributed by atoms with Crippen LogP contribution >= 0.6 is 0 Å². The maximum Gasteiger partial charge on any atom is 0.0728 e. The van der Waals surface area contributed by atoms with Gasteiger partial charge in [-0.05, 0) is 49.1 Å². The van der Waals surface area contributed by atoms with Crippen molar-refractivity contribution in [1.82, 2.24) is 4.98 Å². The van der Waals surface area contributed by atoms with Gasteiger partial charge in [0.05, 0.1) is 11.8 Å². The summed E-state index contributed by atoms with van der Waals surface area (Å²) in [6.07, 6.45) is 9.24. The number of pyridine rings is 1. The number of aliphatic hydroxyl groups excluding tert-OH is 1. The first-order valence-corrected chi connectivity index (χ1v) is 7.38. The van der Waals surface area contributed by atoms with E-state index < -0.39 is 0 Å². The fourth-order valence-electron chi connectivity index (χ4n) is 3.77. The van der Waals surface area contributed by atoms with Crippen LogP contribution in [0.15, 0.2) is 30.0 Å². The van der Waals surface area contributed by atoms with Gasteiger partial charge < -0.3 is 5.11 Å². The number of aliphatic hydroxyl groups is 1. The summed E-state index contributed by atoms with van der Waals surface area (Å²) in [5.74, 6) is 0.430. The van der Waals surface area contributed by atoms with Crippen molar-refractivity contribution < 1.29 is 5.11 Å². The number of hydrogen-bond acceptors (Lipinski definition) is 2. The van der Waals surface area contributed by atoms with E-state index in [1.165, 1.54) is 29.7 Å². The quantitative estimate of drug-likeness (QED) is 0.780. The SMILES string of the molecule is CC1(C)CC(C2CCCc3cccnc32)=CC(O)C1. The zero-order chi connectivity index (χ0) is 13.5. The molecule has 2 atom stereocenters. The van der Waals surface area contributed by atoms with Crippen LogP contribution in [0.5, 0.6) is 0 Å². The zero-order valence-electron chi connectivity index (χ0n) is 11.9. The molecule has 2 nitrogen and oxygen atoms in total. The highest BCUT2D eigenvalue weighted by Crippen LogP contribution is 2.44.